The summed E-state index contributed by atoms with van der Waals surface area (Å²) in [5.41, 5.74) is 18.5. The van der Waals surface area contributed by atoms with E-state index >= 15 is 0 Å². The van der Waals surface area contributed by atoms with Gasteiger partial charge >= 0.3 is 0 Å². The number of hydrogen-bond donors (Lipinski definition) is 0. The molecule has 0 aromatic heterocycles. The highest BCUT2D eigenvalue weighted by molar-refractivity contribution is 5.85. The highest BCUT2D eigenvalue weighted by Crippen LogP contribution is 2.50. The summed E-state index contributed by atoms with van der Waals surface area (Å²) in [7, 11) is 2.15. The van der Waals surface area contributed by atoms with Gasteiger partial charge in [-0.15, -0.1) is 0 Å². The van der Waals surface area contributed by atoms with Crippen molar-refractivity contribution in [2.24, 2.45) is 0 Å². The molecule has 8 rings (SSSR count). The van der Waals surface area contributed by atoms with Gasteiger partial charge in [-0.1, -0.05) is 125 Å². The minimum absolute atomic E-state index is 0.00918. The molecule has 0 saturated heterocycles. The molecule has 44 heavy (non-hydrogen) atoms. The third kappa shape index (κ3) is 3.92. The Morgan fingerprint density at radius 3 is 1.11 bits per heavy atom. The van der Waals surface area contributed by atoms with Crippen LogP contribution in [0.3, 0.4) is 0 Å². The average Bonchev–Trinajstić information content (AvgIpc) is 3.44. The molecule has 1 heteroatoms. The van der Waals surface area contributed by atoms with E-state index in [1.807, 2.05) is 0 Å². The Morgan fingerprint density at radius 1 is 0.364 bits per heavy atom. The van der Waals surface area contributed by atoms with Crippen LogP contribution in [0.15, 0.2) is 133 Å². The molecule has 0 unspecified atom stereocenters. The monoisotopic (exact) mass is 567 g/mol. The normalized spacial score (nSPS) is 14.8. The lowest BCUT2D eigenvalue weighted by Gasteiger charge is -2.23. The molecule has 2 aliphatic rings. The second kappa shape index (κ2) is 9.56. The predicted molar refractivity (Wildman–Crippen MR) is 187 cm³/mol. The van der Waals surface area contributed by atoms with E-state index in [0.29, 0.717) is 0 Å². The van der Waals surface area contributed by atoms with Gasteiger partial charge in [0.2, 0.25) is 0 Å². The Morgan fingerprint density at radius 2 is 0.705 bits per heavy atom. The van der Waals surface area contributed by atoms with Crippen molar-refractivity contribution in [2.75, 3.05) is 11.9 Å². The Hall–Kier alpha value is -4.88. The first-order chi connectivity index (χ1) is 21.2. The molecule has 0 amide bonds. The quantitative estimate of drug-likeness (QED) is 0.205. The molecule has 0 atom stereocenters. The minimum Gasteiger partial charge on any atom is -0.345 e. The minimum atomic E-state index is 0.00918. The van der Waals surface area contributed by atoms with E-state index in [4.69, 9.17) is 0 Å². The Labute approximate surface area is 261 Å². The van der Waals surface area contributed by atoms with E-state index in [1.54, 1.807) is 0 Å². The number of nitrogens with zero attached hydrogens (tertiary/aromatic N) is 1. The molecular formula is C43H37N. The molecular weight excluding hydrogens is 530 g/mol. The summed E-state index contributed by atoms with van der Waals surface area (Å²) in [6.07, 6.45) is 0. The van der Waals surface area contributed by atoms with Crippen molar-refractivity contribution in [1.29, 1.82) is 0 Å². The van der Waals surface area contributed by atoms with Crippen LogP contribution in [0.4, 0.5) is 11.4 Å². The number of anilines is 2. The highest BCUT2D eigenvalue weighted by atomic mass is 15.1. The zero-order chi connectivity index (χ0) is 30.2. The van der Waals surface area contributed by atoms with Crippen LogP contribution in [-0.2, 0) is 10.8 Å². The van der Waals surface area contributed by atoms with Crippen molar-refractivity contribution in [1.82, 2.24) is 0 Å². The number of rotatable bonds is 4. The lowest BCUT2D eigenvalue weighted by atomic mass is 9.81. The van der Waals surface area contributed by atoms with E-state index in [2.05, 4.69) is 173 Å². The van der Waals surface area contributed by atoms with Crippen LogP contribution < -0.4 is 4.90 Å². The molecule has 0 heterocycles. The van der Waals surface area contributed by atoms with Crippen molar-refractivity contribution >= 4 is 11.4 Å². The van der Waals surface area contributed by atoms with Gasteiger partial charge in [0, 0.05) is 29.3 Å². The summed E-state index contributed by atoms with van der Waals surface area (Å²) < 4.78 is 0. The fraction of sp³-hybridized carbons (Fsp3) is 0.163. The van der Waals surface area contributed by atoms with Gasteiger partial charge in [0.05, 0.1) is 0 Å². The Bertz CT molecular complexity index is 1910. The zero-order valence-corrected chi connectivity index (χ0v) is 26.1. The summed E-state index contributed by atoms with van der Waals surface area (Å²) in [6, 6.07) is 49.5. The second-order valence-corrected chi connectivity index (χ2v) is 13.5. The molecule has 6 aromatic rings. The zero-order valence-electron chi connectivity index (χ0n) is 26.1. The standard InChI is InChI=1S/C43H37N/c1-42(2)38-12-8-6-10-34(38)36-24-18-30(26-40(36)42)28-14-20-32(21-15-28)44(5)33-22-16-29(17-23-33)31-19-25-37-35-11-7-9-13-39(35)43(3,4)41(37)27-31/h6-27H,1-5H3. The number of benzene rings is 6. The van der Waals surface area contributed by atoms with Crippen molar-refractivity contribution in [3.05, 3.63) is 156 Å². The Balaban J connectivity index is 1.03. The van der Waals surface area contributed by atoms with Crippen molar-refractivity contribution in [3.8, 4) is 44.5 Å². The van der Waals surface area contributed by atoms with Crippen LogP contribution in [-0.4, -0.2) is 7.05 Å². The van der Waals surface area contributed by atoms with Gasteiger partial charge in [-0.25, -0.2) is 0 Å². The molecule has 1 nitrogen and oxygen atoms in total. The maximum Gasteiger partial charge on any atom is 0.0408 e. The molecule has 0 bridgehead atoms. The average molecular weight is 568 g/mol. The molecule has 0 saturated carbocycles. The lowest BCUT2D eigenvalue weighted by Crippen LogP contribution is -2.14. The fourth-order valence-corrected chi connectivity index (χ4v) is 7.67. The molecule has 2 aliphatic carbocycles. The molecule has 0 radical (unpaired) electrons. The van der Waals surface area contributed by atoms with Gasteiger partial charge in [0.1, 0.15) is 0 Å². The topological polar surface area (TPSA) is 3.24 Å². The van der Waals surface area contributed by atoms with Crippen LogP contribution in [0.25, 0.3) is 44.5 Å². The van der Waals surface area contributed by atoms with Crippen LogP contribution in [0.5, 0.6) is 0 Å². The van der Waals surface area contributed by atoms with Gasteiger partial charge in [-0.05, 0) is 103 Å². The van der Waals surface area contributed by atoms with E-state index in [1.165, 1.54) is 78.1 Å². The molecule has 0 fully saturated rings. The second-order valence-electron chi connectivity index (χ2n) is 13.5. The first-order valence-electron chi connectivity index (χ1n) is 15.7. The van der Waals surface area contributed by atoms with Crippen molar-refractivity contribution in [3.63, 3.8) is 0 Å². The van der Waals surface area contributed by atoms with Crippen LogP contribution >= 0.6 is 0 Å². The molecule has 0 aliphatic heterocycles. The molecule has 6 aromatic carbocycles. The number of fused-ring (bicyclic) bond motifs is 6. The third-order valence-corrected chi connectivity index (χ3v) is 10.3. The summed E-state index contributed by atoms with van der Waals surface area (Å²) in [4.78, 5) is 2.26. The van der Waals surface area contributed by atoms with Crippen LogP contribution in [0.1, 0.15) is 49.9 Å². The van der Waals surface area contributed by atoms with Crippen LogP contribution in [0, 0.1) is 0 Å². The SMILES string of the molecule is CN(c1ccc(-c2ccc3c(c2)C(C)(C)c2ccccc2-3)cc1)c1ccc(-c2ccc3c(c2)C(C)(C)c2ccccc2-3)cc1. The van der Waals surface area contributed by atoms with E-state index in [0.717, 1.165) is 0 Å². The van der Waals surface area contributed by atoms with E-state index in [9.17, 15) is 0 Å². The summed E-state index contributed by atoms with van der Waals surface area (Å²) >= 11 is 0. The summed E-state index contributed by atoms with van der Waals surface area (Å²) in [6.45, 7) is 9.37. The van der Waals surface area contributed by atoms with Crippen molar-refractivity contribution in [2.45, 2.75) is 38.5 Å². The third-order valence-electron chi connectivity index (χ3n) is 10.3. The van der Waals surface area contributed by atoms with E-state index < -0.39 is 0 Å². The highest BCUT2D eigenvalue weighted by Gasteiger charge is 2.36. The Kier molecular flexibility index (Phi) is 5.81. The molecule has 214 valence electrons. The van der Waals surface area contributed by atoms with Crippen LogP contribution in [0.2, 0.25) is 0 Å². The smallest absolute Gasteiger partial charge is 0.0408 e. The maximum atomic E-state index is 2.39. The van der Waals surface area contributed by atoms with Gasteiger partial charge < -0.3 is 4.90 Å². The lowest BCUT2D eigenvalue weighted by molar-refractivity contribution is 0.660. The fourth-order valence-electron chi connectivity index (χ4n) is 7.67. The van der Waals surface area contributed by atoms with Gasteiger partial charge in [-0.2, -0.15) is 0 Å². The van der Waals surface area contributed by atoms with Gasteiger partial charge in [0.15, 0.2) is 0 Å². The number of hydrogen-bond acceptors (Lipinski definition) is 1. The van der Waals surface area contributed by atoms with Gasteiger partial charge in [-0.3, -0.25) is 0 Å². The largest absolute Gasteiger partial charge is 0.345 e. The molecule has 0 N–H and O–H groups in total. The van der Waals surface area contributed by atoms with E-state index in [-0.39, 0.29) is 10.8 Å². The summed E-state index contributed by atoms with van der Waals surface area (Å²) in [5, 5.41) is 0. The first-order valence-corrected chi connectivity index (χ1v) is 15.7. The maximum absolute atomic E-state index is 2.39. The first kappa shape index (κ1) is 26.7. The van der Waals surface area contributed by atoms with Gasteiger partial charge in [0.25, 0.3) is 0 Å². The molecule has 0 spiro atoms. The summed E-state index contributed by atoms with van der Waals surface area (Å²) in [5.74, 6) is 0. The predicted octanol–water partition coefficient (Wildman–Crippen LogP) is 11.4. The van der Waals surface area contributed by atoms with Crippen molar-refractivity contribution < 1.29 is 0 Å².